The van der Waals surface area contributed by atoms with Gasteiger partial charge in [0.1, 0.15) is 17.9 Å². The Kier molecular flexibility index (Phi) is 4.29. The zero-order valence-electron chi connectivity index (χ0n) is 13.6. The van der Waals surface area contributed by atoms with Crippen LogP contribution >= 0.6 is 0 Å². The van der Waals surface area contributed by atoms with Crippen molar-refractivity contribution in [1.29, 1.82) is 0 Å². The molecule has 3 heteroatoms. The molecule has 0 saturated heterocycles. The van der Waals surface area contributed by atoms with E-state index < -0.39 is 0 Å². The molecule has 4 rings (SSSR count). The van der Waals surface area contributed by atoms with Crippen LogP contribution in [0.2, 0.25) is 0 Å². The lowest BCUT2D eigenvalue weighted by Gasteiger charge is -2.06. The molecule has 1 heterocycles. The highest BCUT2D eigenvalue weighted by atomic mass is 16.5. The Morgan fingerprint density at radius 1 is 0.800 bits per heavy atom. The first-order chi connectivity index (χ1) is 12.4. The molecule has 0 radical (unpaired) electrons. The third-order valence-corrected chi connectivity index (χ3v) is 3.86. The quantitative estimate of drug-likeness (QED) is 0.480. The Balaban J connectivity index is 1.41. The van der Waals surface area contributed by atoms with E-state index in [9.17, 15) is 0 Å². The minimum atomic E-state index is 0.568. The Morgan fingerprint density at radius 3 is 2.36 bits per heavy atom. The maximum Gasteiger partial charge on any atom is 0.220 e. The van der Waals surface area contributed by atoms with E-state index in [0.717, 1.165) is 28.0 Å². The number of benzene rings is 3. The van der Waals surface area contributed by atoms with E-state index in [-0.39, 0.29) is 0 Å². The number of hydrogen-bond donors (Lipinski definition) is 0. The summed E-state index contributed by atoms with van der Waals surface area (Å²) < 4.78 is 11.5. The lowest BCUT2D eigenvalue weighted by atomic mass is 10.2. The molecule has 0 amide bonds. The molecule has 0 atom stereocenters. The molecule has 122 valence electrons. The average Bonchev–Trinajstić information content (AvgIpc) is 3.09. The highest BCUT2D eigenvalue weighted by molar-refractivity contribution is 5.75. The molecule has 1 aromatic heterocycles. The van der Waals surface area contributed by atoms with Crippen molar-refractivity contribution in [2.24, 2.45) is 0 Å². The van der Waals surface area contributed by atoms with E-state index >= 15 is 0 Å². The van der Waals surface area contributed by atoms with Crippen molar-refractivity contribution in [2.45, 2.75) is 6.61 Å². The molecule has 0 spiro atoms. The molecule has 0 N–H and O–H groups in total. The summed E-state index contributed by atoms with van der Waals surface area (Å²) in [6.45, 7) is 0.568. The second-order valence-electron chi connectivity index (χ2n) is 5.70. The van der Waals surface area contributed by atoms with Crippen molar-refractivity contribution in [1.82, 2.24) is 4.98 Å². The van der Waals surface area contributed by atoms with Gasteiger partial charge in [0.25, 0.3) is 0 Å². The van der Waals surface area contributed by atoms with Crippen LogP contribution in [0, 0.1) is 0 Å². The van der Waals surface area contributed by atoms with Crippen LogP contribution in [0.15, 0.2) is 83.3 Å². The first-order valence-corrected chi connectivity index (χ1v) is 8.17. The van der Waals surface area contributed by atoms with Crippen LogP contribution in [0.4, 0.5) is 0 Å². The largest absolute Gasteiger partial charge is 0.489 e. The topological polar surface area (TPSA) is 35.3 Å². The van der Waals surface area contributed by atoms with Gasteiger partial charge in [0.15, 0.2) is 5.58 Å². The Bertz CT molecular complexity index is 952. The molecule has 3 aromatic carbocycles. The summed E-state index contributed by atoms with van der Waals surface area (Å²) >= 11 is 0. The van der Waals surface area contributed by atoms with Gasteiger partial charge in [0, 0.05) is 6.08 Å². The number of ether oxygens (including phenoxy) is 1. The molecule has 4 aromatic rings. The van der Waals surface area contributed by atoms with Gasteiger partial charge in [-0.05, 0) is 41.5 Å². The van der Waals surface area contributed by atoms with Crippen molar-refractivity contribution < 1.29 is 9.15 Å². The van der Waals surface area contributed by atoms with Gasteiger partial charge in [0.2, 0.25) is 5.89 Å². The smallest absolute Gasteiger partial charge is 0.220 e. The van der Waals surface area contributed by atoms with Crippen molar-refractivity contribution in [2.75, 3.05) is 0 Å². The number of nitrogens with zero attached hydrogens (tertiary/aromatic N) is 1. The van der Waals surface area contributed by atoms with Gasteiger partial charge in [0.05, 0.1) is 0 Å². The Morgan fingerprint density at radius 2 is 1.56 bits per heavy atom. The minimum Gasteiger partial charge on any atom is -0.489 e. The fraction of sp³-hybridized carbons (Fsp3) is 0.0455. The van der Waals surface area contributed by atoms with Crippen LogP contribution in [-0.2, 0) is 6.61 Å². The van der Waals surface area contributed by atoms with Gasteiger partial charge in [-0.1, -0.05) is 54.6 Å². The molecule has 0 fully saturated rings. The Labute approximate surface area is 146 Å². The predicted molar refractivity (Wildman–Crippen MR) is 100 cm³/mol. The summed E-state index contributed by atoms with van der Waals surface area (Å²) in [7, 11) is 0. The number of para-hydroxylation sites is 2. The second kappa shape index (κ2) is 7.05. The van der Waals surface area contributed by atoms with E-state index in [0.29, 0.717) is 12.5 Å². The van der Waals surface area contributed by atoms with Gasteiger partial charge in [-0.15, -0.1) is 0 Å². The van der Waals surface area contributed by atoms with E-state index in [4.69, 9.17) is 9.15 Å². The molecular weight excluding hydrogens is 310 g/mol. The summed E-state index contributed by atoms with van der Waals surface area (Å²) in [4.78, 5) is 4.43. The third-order valence-electron chi connectivity index (χ3n) is 3.86. The van der Waals surface area contributed by atoms with Crippen molar-refractivity contribution >= 4 is 23.3 Å². The first kappa shape index (κ1) is 15.2. The van der Waals surface area contributed by atoms with Crippen LogP contribution < -0.4 is 4.74 Å². The molecule has 0 aliphatic rings. The molecule has 0 saturated carbocycles. The van der Waals surface area contributed by atoms with Crippen molar-refractivity contribution in [3.8, 4) is 5.75 Å². The molecule has 0 aliphatic heterocycles. The standard InChI is InChI=1S/C22H17NO2/c1-2-6-18(7-3-1)16-24-19-13-10-17(11-14-19)12-15-22-23-20-8-4-5-9-21(20)25-22/h1-15H,16H2/b15-12+. The van der Waals surface area contributed by atoms with Crippen LogP contribution in [-0.4, -0.2) is 4.98 Å². The van der Waals surface area contributed by atoms with Crippen molar-refractivity contribution in [3.63, 3.8) is 0 Å². The number of aromatic nitrogens is 1. The number of rotatable bonds is 5. The second-order valence-corrected chi connectivity index (χ2v) is 5.70. The van der Waals surface area contributed by atoms with E-state index in [2.05, 4.69) is 17.1 Å². The summed E-state index contributed by atoms with van der Waals surface area (Å²) in [6, 6.07) is 25.8. The summed E-state index contributed by atoms with van der Waals surface area (Å²) in [5.41, 5.74) is 3.88. The molecule has 0 aliphatic carbocycles. The minimum absolute atomic E-state index is 0.568. The van der Waals surface area contributed by atoms with E-state index in [1.165, 1.54) is 0 Å². The van der Waals surface area contributed by atoms with Crippen LogP contribution in [0.3, 0.4) is 0 Å². The zero-order valence-corrected chi connectivity index (χ0v) is 13.6. The zero-order chi connectivity index (χ0) is 16.9. The van der Waals surface area contributed by atoms with Crippen molar-refractivity contribution in [3.05, 3.63) is 95.9 Å². The molecular formula is C22H17NO2. The van der Waals surface area contributed by atoms with Gasteiger partial charge in [-0.25, -0.2) is 4.98 Å². The molecule has 3 nitrogen and oxygen atoms in total. The predicted octanol–water partition coefficient (Wildman–Crippen LogP) is 5.58. The summed E-state index contributed by atoms with van der Waals surface area (Å²) in [5, 5.41) is 0. The fourth-order valence-electron chi connectivity index (χ4n) is 2.54. The van der Waals surface area contributed by atoms with E-state index in [1.54, 1.807) is 0 Å². The highest BCUT2D eigenvalue weighted by Gasteiger charge is 2.01. The van der Waals surface area contributed by atoms with E-state index in [1.807, 2.05) is 78.9 Å². The Hall–Kier alpha value is -3.33. The van der Waals surface area contributed by atoms with Gasteiger partial charge in [-0.2, -0.15) is 0 Å². The molecule has 0 unspecified atom stereocenters. The number of hydrogen-bond acceptors (Lipinski definition) is 3. The monoisotopic (exact) mass is 327 g/mol. The molecule has 0 bridgehead atoms. The maximum atomic E-state index is 5.79. The summed E-state index contributed by atoms with van der Waals surface area (Å²) in [5.74, 6) is 1.45. The third kappa shape index (κ3) is 3.78. The number of oxazole rings is 1. The lowest BCUT2D eigenvalue weighted by Crippen LogP contribution is -1.94. The van der Waals surface area contributed by atoms with Gasteiger partial charge >= 0.3 is 0 Å². The van der Waals surface area contributed by atoms with Crippen LogP contribution in [0.5, 0.6) is 5.75 Å². The number of fused-ring (bicyclic) bond motifs is 1. The SMILES string of the molecule is C(=C\c1nc2ccccc2o1)/c1ccc(OCc2ccccc2)cc1. The highest BCUT2D eigenvalue weighted by Crippen LogP contribution is 2.18. The fourth-order valence-corrected chi connectivity index (χ4v) is 2.54. The van der Waals surface area contributed by atoms with Crippen LogP contribution in [0.25, 0.3) is 23.3 Å². The lowest BCUT2D eigenvalue weighted by molar-refractivity contribution is 0.306. The first-order valence-electron chi connectivity index (χ1n) is 8.17. The van der Waals surface area contributed by atoms with Gasteiger partial charge < -0.3 is 9.15 Å². The molecule has 25 heavy (non-hydrogen) atoms. The maximum absolute atomic E-state index is 5.79. The normalized spacial score (nSPS) is 11.2. The average molecular weight is 327 g/mol. The summed E-state index contributed by atoms with van der Waals surface area (Å²) in [6.07, 6.45) is 3.85. The van der Waals surface area contributed by atoms with Gasteiger partial charge in [-0.3, -0.25) is 0 Å². The van der Waals surface area contributed by atoms with Crippen LogP contribution in [0.1, 0.15) is 17.0 Å².